The number of hydrogen-bond acceptors (Lipinski definition) is 4. The summed E-state index contributed by atoms with van der Waals surface area (Å²) in [4.78, 5) is 25.9. The topological polar surface area (TPSA) is 61.2 Å². The molecule has 3 rings (SSSR count). The summed E-state index contributed by atoms with van der Waals surface area (Å²) in [5, 5.41) is 9.87. The molecule has 0 aromatic carbocycles. The quantitative estimate of drug-likeness (QED) is 0.727. The summed E-state index contributed by atoms with van der Waals surface area (Å²) in [5.74, 6) is -0.342. The van der Waals surface area contributed by atoms with Crippen LogP contribution in [0.4, 0.5) is 5.00 Å². The second-order valence-electron chi connectivity index (χ2n) is 4.63. The zero-order valence-electron chi connectivity index (χ0n) is 9.86. The predicted octanol–water partition coefficient (Wildman–Crippen LogP) is 2.15. The van der Waals surface area contributed by atoms with Crippen molar-refractivity contribution >= 4 is 28.2 Å². The average molecular weight is 260 g/mol. The van der Waals surface area contributed by atoms with Crippen LogP contribution in [0.5, 0.6) is 0 Å². The molecule has 0 N–H and O–H groups in total. The molecule has 0 radical (unpaired) electrons. The largest absolute Gasteiger partial charge is 0.274 e. The molecule has 1 fully saturated rings. The summed E-state index contributed by atoms with van der Waals surface area (Å²) in [6.07, 6.45) is 4.61. The number of imide groups is 1. The molecule has 1 aliphatic heterocycles. The van der Waals surface area contributed by atoms with Crippen molar-refractivity contribution in [3.63, 3.8) is 0 Å². The Morgan fingerprint density at radius 1 is 1.06 bits per heavy atom. The molecule has 1 aromatic heterocycles. The fraction of sp³-hybridized carbons (Fsp3) is 0.462. The van der Waals surface area contributed by atoms with Crippen molar-refractivity contribution in [2.75, 3.05) is 4.90 Å². The lowest BCUT2D eigenvalue weighted by Crippen LogP contribution is -2.28. The van der Waals surface area contributed by atoms with E-state index in [9.17, 15) is 14.9 Å². The van der Waals surface area contributed by atoms with Crippen molar-refractivity contribution < 1.29 is 9.59 Å². The summed E-state index contributed by atoms with van der Waals surface area (Å²) in [6, 6.07) is 2.19. The molecule has 0 atom stereocenters. The number of anilines is 1. The van der Waals surface area contributed by atoms with Crippen LogP contribution in [0, 0.1) is 11.3 Å². The molecular formula is C13H12N2O2S. The van der Waals surface area contributed by atoms with Gasteiger partial charge in [-0.3, -0.25) is 9.59 Å². The van der Waals surface area contributed by atoms with Crippen LogP contribution >= 0.6 is 11.3 Å². The highest BCUT2D eigenvalue weighted by atomic mass is 32.1. The minimum Gasteiger partial charge on any atom is -0.274 e. The number of aryl methyl sites for hydroxylation is 1. The van der Waals surface area contributed by atoms with E-state index in [0.717, 1.165) is 31.2 Å². The Balaban J connectivity index is 2.12. The highest BCUT2D eigenvalue weighted by Crippen LogP contribution is 2.41. The number of amides is 2. The predicted molar refractivity (Wildman–Crippen MR) is 67.4 cm³/mol. The van der Waals surface area contributed by atoms with Crippen LogP contribution in [0.3, 0.4) is 0 Å². The van der Waals surface area contributed by atoms with Gasteiger partial charge in [0, 0.05) is 17.7 Å². The molecule has 2 amide bonds. The van der Waals surface area contributed by atoms with Gasteiger partial charge < -0.3 is 0 Å². The van der Waals surface area contributed by atoms with E-state index >= 15 is 0 Å². The van der Waals surface area contributed by atoms with Crippen molar-refractivity contribution in [2.24, 2.45) is 0 Å². The van der Waals surface area contributed by atoms with Gasteiger partial charge in [-0.2, -0.15) is 5.26 Å². The van der Waals surface area contributed by atoms with E-state index in [1.54, 1.807) is 0 Å². The zero-order chi connectivity index (χ0) is 12.7. The van der Waals surface area contributed by atoms with Crippen LogP contribution in [0.25, 0.3) is 0 Å². The first-order chi connectivity index (χ1) is 8.72. The second-order valence-corrected chi connectivity index (χ2v) is 5.71. The first-order valence-corrected chi connectivity index (χ1v) is 6.94. The van der Waals surface area contributed by atoms with E-state index in [1.165, 1.54) is 21.1 Å². The lowest BCUT2D eigenvalue weighted by molar-refractivity contribution is -0.121. The second kappa shape index (κ2) is 4.21. The fourth-order valence-electron chi connectivity index (χ4n) is 2.63. The molecule has 5 heteroatoms. The number of thiophene rings is 1. The van der Waals surface area contributed by atoms with E-state index in [1.807, 2.05) is 0 Å². The van der Waals surface area contributed by atoms with Gasteiger partial charge in [-0.05, 0) is 31.2 Å². The minimum absolute atomic E-state index is 0.171. The highest BCUT2D eigenvalue weighted by molar-refractivity contribution is 7.17. The highest BCUT2D eigenvalue weighted by Gasteiger charge is 2.35. The molecule has 0 bridgehead atoms. The third-order valence-electron chi connectivity index (χ3n) is 3.52. The zero-order valence-corrected chi connectivity index (χ0v) is 10.7. The SMILES string of the molecule is N#Cc1c(N2C(=O)CCC2=O)sc2c1CCCC2. The van der Waals surface area contributed by atoms with Crippen LogP contribution in [-0.4, -0.2) is 11.8 Å². The number of nitriles is 1. The first-order valence-electron chi connectivity index (χ1n) is 6.13. The Hall–Kier alpha value is -1.67. The summed E-state index contributed by atoms with van der Waals surface area (Å²) in [6.45, 7) is 0. The molecule has 1 saturated heterocycles. The van der Waals surface area contributed by atoms with Crippen LogP contribution in [0.15, 0.2) is 0 Å². The number of rotatable bonds is 1. The lowest BCUT2D eigenvalue weighted by atomic mass is 9.96. The van der Waals surface area contributed by atoms with Crippen LogP contribution < -0.4 is 4.90 Å². The maximum atomic E-state index is 11.8. The summed E-state index contributed by atoms with van der Waals surface area (Å²) in [7, 11) is 0. The summed E-state index contributed by atoms with van der Waals surface area (Å²) in [5.41, 5.74) is 1.62. The molecular weight excluding hydrogens is 248 g/mol. The first kappa shape index (κ1) is 11.4. The van der Waals surface area contributed by atoms with E-state index in [2.05, 4.69) is 6.07 Å². The molecule has 4 nitrogen and oxygen atoms in total. The Morgan fingerprint density at radius 3 is 2.39 bits per heavy atom. The Kier molecular flexibility index (Phi) is 2.67. The Morgan fingerprint density at radius 2 is 1.72 bits per heavy atom. The summed E-state index contributed by atoms with van der Waals surface area (Å²) < 4.78 is 0. The molecule has 0 saturated carbocycles. The van der Waals surface area contributed by atoms with Gasteiger partial charge in [0.25, 0.3) is 0 Å². The smallest absolute Gasteiger partial charge is 0.234 e. The van der Waals surface area contributed by atoms with Crippen molar-refractivity contribution in [2.45, 2.75) is 38.5 Å². The lowest BCUT2D eigenvalue weighted by Gasteiger charge is -2.11. The fourth-order valence-corrected chi connectivity index (χ4v) is 4.00. The maximum absolute atomic E-state index is 11.8. The third kappa shape index (κ3) is 1.57. The number of fused-ring (bicyclic) bond motifs is 1. The standard InChI is InChI=1S/C13H12N2O2S/c14-7-9-8-3-1-2-4-10(8)18-13(9)15-11(16)5-6-12(15)17/h1-6H2. The normalized spacial score (nSPS) is 18.9. The van der Waals surface area contributed by atoms with Gasteiger partial charge in [-0.15, -0.1) is 11.3 Å². The van der Waals surface area contributed by atoms with Crippen molar-refractivity contribution in [3.8, 4) is 6.07 Å². The molecule has 2 heterocycles. The van der Waals surface area contributed by atoms with Gasteiger partial charge in [0.15, 0.2) is 0 Å². The van der Waals surface area contributed by atoms with Crippen LogP contribution in [0.2, 0.25) is 0 Å². The minimum atomic E-state index is -0.171. The number of carbonyl (C=O) groups excluding carboxylic acids is 2. The molecule has 18 heavy (non-hydrogen) atoms. The average Bonchev–Trinajstić information content (AvgIpc) is 2.89. The van der Waals surface area contributed by atoms with Crippen molar-refractivity contribution in [3.05, 3.63) is 16.0 Å². The van der Waals surface area contributed by atoms with Gasteiger partial charge in [0.2, 0.25) is 11.8 Å². The number of nitrogens with zero attached hydrogens (tertiary/aromatic N) is 2. The molecule has 92 valence electrons. The van der Waals surface area contributed by atoms with Gasteiger partial charge in [0.1, 0.15) is 11.1 Å². The van der Waals surface area contributed by atoms with Gasteiger partial charge in [-0.25, -0.2) is 4.90 Å². The Bertz CT molecular complexity index is 567. The monoisotopic (exact) mass is 260 g/mol. The summed E-state index contributed by atoms with van der Waals surface area (Å²) >= 11 is 1.45. The third-order valence-corrected chi connectivity index (χ3v) is 4.80. The number of hydrogen-bond donors (Lipinski definition) is 0. The maximum Gasteiger partial charge on any atom is 0.234 e. The van der Waals surface area contributed by atoms with E-state index in [4.69, 9.17) is 0 Å². The molecule has 1 aliphatic carbocycles. The molecule has 0 spiro atoms. The van der Waals surface area contributed by atoms with Crippen LogP contribution in [-0.2, 0) is 22.4 Å². The van der Waals surface area contributed by atoms with Crippen LogP contribution in [0.1, 0.15) is 41.7 Å². The van der Waals surface area contributed by atoms with Gasteiger partial charge >= 0.3 is 0 Å². The Labute approximate surface area is 109 Å². The molecule has 1 aromatic rings. The number of carbonyl (C=O) groups is 2. The van der Waals surface area contributed by atoms with E-state index in [0.29, 0.717) is 10.6 Å². The van der Waals surface area contributed by atoms with Crippen molar-refractivity contribution in [1.82, 2.24) is 0 Å². The molecule has 0 unspecified atom stereocenters. The molecule has 2 aliphatic rings. The van der Waals surface area contributed by atoms with E-state index < -0.39 is 0 Å². The van der Waals surface area contributed by atoms with E-state index in [-0.39, 0.29) is 24.7 Å². The van der Waals surface area contributed by atoms with Gasteiger partial charge in [-0.1, -0.05) is 0 Å². The van der Waals surface area contributed by atoms with Crippen molar-refractivity contribution in [1.29, 1.82) is 5.26 Å². The van der Waals surface area contributed by atoms with Gasteiger partial charge in [0.05, 0.1) is 5.56 Å².